The number of nitrogens with one attached hydrogen (secondary N) is 1. The third-order valence-electron chi connectivity index (χ3n) is 4.33. The van der Waals surface area contributed by atoms with Gasteiger partial charge in [-0.1, -0.05) is 12.1 Å². The summed E-state index contributed by atoms with van der Waals surface area (Å²) < 4.78 is 5.22. The van der Waals surface area contributed by atoms with Gasteiger partial charge in [-0.05, 0) is 26.0 Å². The summed E-state index contributed by atoms with van der Waals surface area (Å²) in [5, 5.41) is 0. The smallest absolute Gasteiger partial charge is 0.203 e. The molecule has 1 saturated heterocycles. The van der Waals surface area contributed by atoms with Crippen molar-refractivity contribution in [3.8, 4) is 0 Å². The highest BCUT2D eigenvalue weighted by Crippen LogP contribution is 2.22. The average molecular weight is 288 g/mol. The van der Waals surface area contributed by atoms with Crippen molar-refractivity contribution in [1.29, 1.82) is 0 Å². The van der Waals surface area contributed by atoms with Crippen LogP contribution in [-0.4, -0.2) is 60.3 Å². The van der Waals surface area contributed by atoms with E-state index in [9.17, 15) is 0 Å². The average Bonchev–Trinajstić information content (AvgIpc) is 2.90. The summed E-state index contributed by atoms with van der Waals surface area (Å²) in [7, 11) is 1.76. The van der Waals surface area contributed by atoms with Crippen LogP contribution in [0.3, 0.4) is 0 Å². The van der Waals surface area contributed by atoms with E-state index in [2.05, 4.69) is 40.8 Å². The molecule has 1 aromatic carbocycles. The largest absolute Gasteiger partial charge is 0.383 e. The molecule has 0 amide bonds. The molecule has 114 valence electrons. The van der Waals surface area contributed by atoms with E-state index in [1.54, 1.807) is 7.11 Å². The van der Waals surface area contributed by atoms with Gasteiger partial charge in [-0.2, -0.15) is 0 Å². The van der Waals surface area contributed by atoms with Crippen LogP contribution in [-0.2, 0) is 4.74 Å². The number of aromatic nitrogens is 2. The van der Waals surface area contributed by atoms with E-state index >= 15 is 0 Å². The Balaban J connectivity index is 1.75. The second-order valence-electron chi connectivity index (χ2n) is 5.91. The van der Waals surface area contributed by atoms with Crippen LogP contribution in [0.5, 0.6) is 0 Å². The summed E-state index contributed by atoms with van der Waals surface area (Å²) in [6, 6.07) is 9.19. The van der Waals surface area contributed by atoms with Gasteiger partial charge in [-0.25, -0.2) is 4.98 Å². The van der Waals surface area contributed by atoms with Gasteiger partial charge in [-0.3, -0.25) is 4.90 Å². The Morgan fingerprint density at radius 1 is 1.24 bits per heavy atom. The van der Waals surface area contributed by atoms with E-state index in [0.717, 1.165) is 43.2 Å². The number of benzene rings is 1. The Morgan fingerprint density at radius 2 is 1.95 bits per heavy atom. The Kier molecular flexibility index (Phi) is 4.12. The number of rotatable bonds is 4. The number of piperazine rings is 1. The van der Waals surface area contributed by atoms with Crippen LogP contribution in [0.2, 0.25) is 0 Å². The molecular formula is C16H24N4O. The molecule has 0 radical (unpaired) electrons. The highest BCUT2D eigenvalue weighted by molar-refractivity contribution is 5.77. The zero-order valence-electron chi connectivity index (χ0n) is 13.0. The lowest BCUT2D eigenvalue weighted by Crippen LogP contribution is -2.57. The van der Waals surface area contributed by atoms with Crippen LogP contribution < -0.4 is 4.90 Å². The van der Waals surface area contributed by atoms with Crippen molar-refractivity contribution in [2.45, 2.75) is 25.9 Å². The van der Waals surface area contributed by atoms with Crippen molar-refractivity contribution < 1.29 is 4.74 Å². The highest BCUT2D eigenvalue weighted by atomic mass is 16.5. The fourth-order valence-electron chi connectivity index (χ4n) is 3.26. The molecule has 2 aromatic rings. The molecule has 0 saturated carbocycles. The fraction of sp³-hybridized carbons (Fsp3) is 0.562. The third kappa shape index (κ3) is 2.89. The third-order valence-corrected chi connectivity index (χ3v) is 4.33. The number of fused-ring (bicyclic) bond motifs is 1. The van der Waals surface area contributed by atoms with Crippen LogP contribution in [0, 0.1) is 0 Å². The first-order valence-electron chi connectivity index (χ1n) is 7.63. The van der Waals surface area contributed by atoms with E-state index in [-0.39, 0.29) is 0 Å². The Labute approximate surface area is 125 Å². The van der Waals surface area contributed by atoms with Gasteiger partial charge in [0.05, 0.1) is 17.6 Å². The molecule has 2 heterocycles. The lowest BCUT2D eigenvalue weighted by molar-refractivity contribution is 0.0843. The van der Waals surface area contributed by atoms with Gasteiger partial charge >= 0.3 is 0 Å². The maximum Gasteiger partial charge on any atom is 0.203 e. The number of hydrogen-bond donors (Lipinski definition) is 1. The SMILES string of the molecule is COCCN1C(C)CN(c2nc3ccccc3[nH]2)CC1C. The first-order valence-corrected chi connectivity index (χ1v) is 7.63. The van der Waals surface area contributed by atoms with Crippen LogP contribution in [0.15, 0.2) is 24.3 Å². The molecule has 0 aliphatic carbocycles. The number of H-pyrrole nitrogens is 1. The van der Waals surface area contributed by atoms with Crippen molar-refractivity contribution in [2.75, 3.05) is 38.3 Å². The molecule has 3 rings (SSSR count). The molecule has 1 aliphatic rings. The van der Waals surface area contributed by atoms with Crippen molar-refractivity contribution >= 4 is 17.0 Å². The molecule has 2 unspecified atom stereocenters. The first-order chi connectivity index (χ1) is 10.2. The zero-order chi connectivity index (χ0) is 14.8. The van der Waals surface area contributed by atoms with E-state index < -0.39 is 0 Å². The van der Waals surface area contributed by atoms with E-state index in [1.807, 2.05) is 12.1 Å². The fourth-order valence-corrected chi connectivity index (χ4v) is 3.26. The second-order valence-corrected chi connectivity index (χ2v) is 5.91. The van der Waals surface area contributed by atoms with E-state index in [0.29, 0.717) is 12.1 Å². The summed E-state index contributed by atoms with van der Waals surface area (Å²) in [5.74, 6) is 0.987. The maximum atomic E-state index is 5.22. The molecular weight excluding hydrogens is 264 g/mol. The minimum atomic E-state index is 0.497. The number of methoxy groups -OCH3 is 1. The van der Waals surface area contributed by atoms with E-state index in [4.69, 9.17) is 9.72 Å². The van der Waals surface area contributed by atoms with Gasteiger partial charge in [0.1, 0.15) is 0 Å². The zero-order valence-corrected chi connectivity index (χ0v) is 13.0. The molecule has 1 N–H and O–H groups in total. The van der Waals surface area contributed by atoms with Crippen molar-refractivity contribution in [1.82, 2.24) is 14.9 Å². The van der Waals surface area contributed by atoms with Gasteiger partial charge in [0.15, 0.2) is 0 Å². The minimum absolute atomic E-state index is 0.497. The normalized spacial score (nSPS) is 23.9. The number of ether oxygens (including phenoxy) is 1. The second kappa shape index (κ2) is 6.03. The van der Waals surface area contributed by atoms with Crippen LogP contribution in [0.1, 0.15) is 13.8 Å². The molecule has 1 fully saturated rings. The van der Waals surface area contributed by atoms with E-state index in [1.165, 1.54) is 0 Å². The number of anilines is 1. The number of para-hydroxylation sites is 2. The molecule has 2 atom stereocenters. The Hall–Kier alpha value is -1.59. The van der Waals surface area contributed by atoms with Gasteiger partial charge in [0.2, 0.25) is 5.95 Å². The number of aromatic amines is 1. The predicted octanol–water partition coefficient (Wildman–Crippen LogP) is 2.11. The molecule has 0 bridgehead atoms. The molecule has 1 aliphatic heterocycles. The van der Waals surface area contributed by atoms with Crippen LogP contribution in [0.4, 0.5) is 5.95 Å². The van der Waals surface area contributed by atoms with Gasteiger partial charge < -0.3 is 14.6 Å². The lowest BCUT2D eigenvalue weighted by Gasteiger charge is -2.44. The highest BCUT2D eigenvalue weighted by Gasteiger charge is 2.30. The summed E-state index contributed by atoms with van der Waals surface area (Å²) in [4.78, 5) is 13.0. The van der Waals surface area contributed by atoms with Gasteiger partial charge in [-0.15, -0.1) is 0 Å². The number of hydrogen-bond acceptors (Lipinski definition) is 4. The lowest BCUT2D eigenvalue weighted by atomic mass is 10.1. The molecule has 5 nitrogen and oxygen atoms in total. The van der Waals surface area contributed by atoms with Gasteiger partial charge in [0, 0.05) is 38.8 Å². The molecule has 1 aromatic heterocycles. The predicted molar refractivity (Wildman–Crippen MR) is 85.8 cm³/mol. The number of imidazole rings is 1. The Morgan fingerprint density at radius 3 is 2.62 bits per heavy atom. The Bertz CT molecular complexity index is 552. The standard InChI is InChI=1S/C16H24N4O/c1-12-10-19(11-13(2)20(12)8-9-21-3)16-17-14-6-4-5-7-15(14)18-16/h4-7,12-13H,8-11H2,1-3H3,(H,17,18). The summed E-state index contributed by atoms with van der Waals surface area (Å²) in [5.41, 5.74) is 2.14. The van der Waals surface area contributed by atoms with Crippen molar-refractivity contribution in [3.63, 3.8) is 0 Å². The summed E-state index contributed by atoms with van der Waals surface area (Å²) in [6.07, 6.45) is 0. The number of nitrogens with zero attached hydrogens (tertiary/aromatic N) is 3. The quantitative estimate of drug-likeness (QED) is 0.936. The summed E-state index contributed by atoms with van der Waals surface area (Å²) in [6.45, 7) is 8.33. The summed E-state index contributed by atoms with van der Waals surface area (Å²) >= 11 is 0. The minimum Gasteiger partial charge on any atom is -0.383 e. The molecule has 21 heavy (non-hydrogen) atoms. The first kappa shape index (κ1) is 14.4. The maximum absolute atomic E-state index is 5.22. The topological polar surface area (TPSA) is 44.4 Å². The van der Waals surface area contributed by atoms with Gasteiger partial charge in [0.25, 0.3) is 0 Å². The van der Waals surface area contributed by atoms with Crippen molar-refractivity contribution in [2.24, 2.45) is 0 Å². The van der Waals surface area contributed by atoms with Crippen molar-refractivity contribution in [3.05, 3.63) is 24.3 Å². The molecule has 0 spiro atoms. The molecule has 5 heteroatoms. The monoisotopic (exact) mass is 288 g/mol. The van der Waals surface area contributed by atoms with Crippen LogP contribution >= 0.6 is 0 Å². The van der Waals surface area contributed by atoms with Crippen LogP contribution in [0.25, 0.3) is 11.0 Å².